The van der Waals surface area contributed by atoms with E-state index in [0.717, 1.165) is 11.4 Å². The van der Waals surface area contributed by atoms with E-state index in [4.69, 9.17) is 21.1 Å². The Balaban J connectivity index is 1.90. The third-order valence-corrected chi connectivity index (χ3v) is 3.91. The Labute approximate surface area is 129 Å². The van der Waals surface area contributed by atoms with Crippen molar-refractivity contribution in [1.82, 2.24) is 0 Å². The molecule has 0 aromatic heterocycles. The van der Waals surface area contributed by atoms with Crippen LogP contribution in [-0.2, 0) is 0 Å². The number of hydrogen-bond donors (Lipinski definition) is 1. The highest BCUT2D eigenvalue weighted by Crippen LogP contribution is 2.41. The zero-order chi connectivity index (χ0) is 14.8. The highest BCUT2D eigenvalue weighted by atomic mass is 35.5. The van der Waals surface area contributed by atoms with Gasteiger partial charge in [0.15, 0.2) is 11.5 Å². The molecular formula is C17H18ClNO2. The van der Waals surface area contributed by atoms with Crippen molar-refractivity contribution in [1.29, 1.82) is 0 Å². The molecule has 0 fully saturated rings. The molecular weight excluding hydrogens is 286 g/mol. The molecule has 1 heterocycles. The van der Waals surface area contributed by atoms with Crippen LogP contribution in [0, 0.1) is 5.92 Å². The summed E-state index contributed by atoms with van der Waals surface area (Å²) in [5, 5.41) is 4.16. The van der Waals surface area contributed by atoms with Crippen molar-refractivity contribution in [3.63, 3.8) is 0 Å². The van der Waals surface area contributed by atoms with Crippen LogP contribution in [0.15, 0.2) is 42.5 Å². The molecule has 0 bridgehead atoms. The Kier molecular flexibility index (Phi) is 3.93. The average Bonchev–Trinajstić information content (AvgIpc) is 2.92. The van der Waals surface area contributed by atoms with E-state index < -0.39 is 0 Å². The molecule has 0 saturated heterocycles. The first-order valence-electron chi connectivity index (χ1n) is 7.06. The highest BCUT2D eigenvalue weighted by molar-refractivity contribution is 6.33. The van der Waals surface area contributed by atoms with Gasteiger partial charge in [0.25, 0.3) is 0 Å². The van der Waals surface area contributed by atoms with Gasteiger partial charge in [-0.3, -0.25) is 0 Å². The molecule has 0 spiro atoms. The fraction of sp³-hybridized carbons (Fsp3) is 0.294. The van der Waals surface area contributed by atoms with Crippen molar-refractivity contribution in [3.8, 4) is 11.5 Å². The standard InChI is InChI=1S/C17H18ClNO2/c1-11(2)17(12-6-4-3-5-7-12)19-14-9-16-15(8-13(14)18)20-10-21-16/h3-9,11,17,19H,10H2,1-2H3. The van der Waals surface area contributed by atoms with Crippen molar-refractivity contribution in [3.05, 3.63) is 53.1 Å². The minimum Gasteiger partial charge on any atom is -0.454 e. The van der Waals surface area contributed by atoms with Gasteiger partial charge in [-0.05, 0) is 11.5 Å². The molecule has 3 rings (SSSR count). The molecule has 0 aliphatic carbocycles. The molecule has 0 radical (unpaired) electrons. The summed E-state index contributed by atoms with van der Waals surface area (Å²) >= 11 is 6.35. The SMILES string of the molecule is CC(C)C(Nc1cc2c(cc1Cl)OCO2)c1ccccc1. The van der Waals surface area contributed by atoms with Gasteiger partial charge in [0.1, 0.15) is 0 Å². The first-order valence-corrected chi connectivity index (χ1v) is 7.43. The van der Waals surface area contributed by atoms with E-state index in [0.29, 0.717) is 16.7 Å². The Hall–Kier alpha value is -1.87. The molecule has 21 heavy (non-hydrogen) atoms. The quantitative estimate of drug-likeness (QED) is 0.873. The smallest absolute Gasteiger partial charge is 0.231 e. The van der Waals surface area contributed by atoms with Gasteiger partial charge >= 0.3 is 0 Å². The highest BCUT2D eigenvalue weighted by Gasteiger charge is 2.20. The summed E-state index contributed by atoms with van der Waals surface area (Å²) in [4.78, 5) is 0. The third kappa shape index (κ3) is 2.93. The van der Waals surface area contributed by atoms with Crippen LogP contribution in [0.2, 0.25) is 5.02 Å². The molecule has 1 aliphatic heterocycles. The predicted molar refractivity (Wildman–Crippen MR) is 85.2 cm³/mol. The zero-order valence-corrected chi connectivity index (χ0v) is 12.9. The van der Waals surface area contributed by atoms with Gasteiger partial charge in [0.2, 0.25) is 6.79 Å². The van der Waals surface area contributed by atoms with Gasteiger partial charge in [0.05, 0.1) is 16.8 Å². The van der Waals surface area contributed by atoms with Crippen molar-refractivity contribution < 1.29 is 9.47 Å². The molecule has 1 aliphatic rings. The summed E-state index contributed by atoms with van der Waals surface area (Å²) in [6, 6.07) is 14.3. The van der Waals surface area contributed by atoms with Crippen LogP contribution in [0.1, 0.15) is 25.5 Å². The van der Waals surface area contributed by atoms with Gasteiger partial charge in [-0.1, -0.05) is 55.8 Å². The van der Waals surface area contributed by atoms with Crippen LogP contribution in [0.25, 0.3) is 0 Å². The monoisotopic (exact) mass is 303 g/mol. The second-order valence-corrected chi connectivity index (χ2v) is 5.87. The summed E-state index contributed by atoms with van der Waals surface area (Å²) in [5.74, 6) is 1.86. The van der Waals surface area contributed by atoms with Crippen molar-refractivity contribution in [2.75, 3.05) is 12.1 Å². The first kappa shape index (κ1) is 14.1. The fourth-order valence-corrected chi connectivity index (χ4v) is 2.70. The Morgan fingerprint density at radius 3 is 2.38 bits per heavy atom. The Bertz CT molecular complexity index is 628. The van der Waals surface area contributed by atoms with Gasteiger partial charge in [-0.15, -0.1) is 0 Å². The second-order valence-electron chi connectivity index (χ2n) is 5.46. The summed E-state index contributed by atoms with van der Waals surface area (Å²) in [6.45, 7) is 4.62. The van der Waals surface area contributed by atoms with Crippen LogP contribution in [-0.4, -0.2) is 6.79 Å². The number of fused-ring (bicyclic) bond motifs is 1. The summed E-state index contributed by atoms with van der Waals surface area (Å²) in [5.41, 5.74) is 2.10. The number of anilines is 1. The number of hydrogen-bond acceptors (Lipinski definition) is 3. The maximum atomic E-state index is 6.35. The summed E-state index contributed by atoms with van der Waals surface area (Å²) < 4.78 is 10.8. The van der Waals surface area contributed by atoms with Crippen LogP contribution in [0.5, 0.6) is 11.5 Å². The Morgan fingerprint density at radius 1 is 1.05 bits per heavy atom. The second kappa shape index (κ2) is 5.86. The van der Waals surface area contributed by atoms with Crippen molar-refractivity contribution in [2.45, 2.75) is 19.9 Å². The van der Waals surface area contributed by atoms with E-state index in [1.165, 1.54) is 5.56 Å². The lowest BCUT2D eigenvalue weighted by atomic mass is 9.96. The van der Waals surface area contributed by atoms with Crippen molar-refractivity contribution in [2.24, 2.45) is 5.92 Å². The van der Waals surface area contributed by atoms with Gasteiger partial charge in [-0.25, -0.2) is 0 Å². The van der Waals surface area contributed by atoms with Gasteiger partial charge in [-0.2, -0.15) is 0 Å². The van der Waals surface area contributed by atoms with Gasteiger partial charge < -0.3 is 14.8 Å². The van der Waals surface area contributed by atoms with E-state index >= 15 is 0 Å². The minimum atomic E-state index is 0.184. The molecule has 2 aromatic rings. The largest absolute Gasteiger partial charge is 0.454 e. The fourth-order valence-electron chi connectivity index (χ4n) is 2.49. The molecule has 110 valence electrons. The molecule has 0 saturated carbocycles. The van der Waals surface area contributed by atoms with E-state index in [1.54, 1.807) is 6.07 Å². The predicted octanol–water partition coefficient (Wildman–Crippen LogP) is 4.88. The maximum Gasteiger partial charge on any atom is 0.231 e. The number of halogens is 1. The van der Waals surface area contributed by atoms with E-state index in [9.17, 15) is 0 Å². The third-order valence-electron chi connectivity index (χ3n) is 3.60. The van der Waals surface area contributed by atoms with E-state index in [-0.39, 0.29) is 12.8 Å². The summed E-state index contributed by atoms with van der Waals surface area (Å²) in [6.07, 6.45) is 0. The topological polar surface area (TPSA) is 30.5 Å². The molecule has 1 atom stereocenters. The maximum absolute atomic E-state index is 6.35. The Morgan fingerprint density at radius 2 is 1.71 bits per heavy atom. The first-order chi connectivity index (χ1) is 10.1. The van der Waals surface area contributed by atoms with E-state index in [2.05, 4.69) is 31.3 Å². The lowest BCUT2D eigenvalue weighted by Crippen LogP contribution is -2.17. The molecule has 2 aromatic carbocycles. The average molecular weight is 304 g/mol. The van der Waals surface area contributed by atoms with E-state index in [1.807, 2.05) is 24.3 Å². The summed E-state index contributed by atoms with van der Waals surface area (Å²) in [7, 11) is 0. The van der Waals surface area contributed by atoms with Crippen LogP contribution < -0.4 is 14.8 Å². The zero-order valence-electron chi connectivity index (χ0n) is 12.1. The lowest BCUT2D eigenvalue weighted by molar-refractivity contribution is 0.174. The van der Waals surface area contributed by atoms with Crippen LogP contribution in [0.4, 0.5) is 5.69 Å². The number of benzene rings is 2. The van der Waals surface area contributed by atoms with Crippen LogP contribution in [0.3, 0.4) is 0 Å². The number of nitrogens with one attached hydrogen (secondary N) is 1. The minimum absolute atomic E-state index is 0.184. The lowest BCUT2D eigenvalue weighted by Gasteiger charge is -2.24. The molecule has 0 amide bonds. The molecule has 3 nitrogen and oxygen atoms in total. The van der Waals surface area contributed by atoms with Gasteiger partial charge in [0, 0.05) is 12.1 Å². The molecule has 1 N–H and O–H groups in total. The molecule has 1 unspecified atom stereocenters. The van der Waals surface area contributed by atoms with Crippen molar-refractivity contribution >= 4 is 17.3 Å². The van der Waals surface area contributed by atoms with Crippen LogP contribution >= 0.6 is 11.6 Å². The molecule has 4 heteroatoms. The normalized spacial score (nSPS) is 14.3. The number of ether oxygens (including phenoxy) is 2. The number of rotatable bonds is 4.